The minimum absolute atomic E-state index is 0.153. The highest BCUT2D eigenvalue weighted by molar-refractivity contribution is 5.90. The highest BCUT2D eigenvalue weighted by Crippen LogP contribution is 2.32. The fourth-order valence-electron chi connectivity index (χ4n) is 1.97. The number of hydrogen-bond acceptors (Lipinski definition) is 4. The second kappa shape index (κ2) is 4.65. The van der Waals surface area contributed by atoms with Crippen molar-refractivity contribution in [3.63, 3.8) is 0 Å². The van der Waals surface area contributed by atoms with Gasteiger partial charge in [-0.1, -0.05) is 17.3 Å². The summed E-state index contributed by atoms with van der Waals surface area (Å²) >= 11 is 0. The van der Waals surface area contributed by atoms with Crippen LogP contribution in [-0.2, 0) is 6.18 Å². The molecule has 0 aliphatic carbocycles. The summed E-state index contributed by atoms with van der Waals surface area (Å²) in [4.78, 5) is 15.6. The van der Waals surface area contributed by atoms with Crippen LogP contribution < -0.4 is 5.56 Å². The second-order valence-corrected chi connectivity index (χ2v) is 4.28. The van der Waals surface area contributed by atoms with Gasteiger partial charge in [0.25, 0.3) is 5.56 Å². The Morgan fingerprint density at radius 3 is 2.71 bits per heavy atom. The summed E-state index contributed by atoms with van der Waals surface area (Å²) in [5.74, 6) is 0. The van der Waals surface area contributed by atoms with Crippen molar-refractivity contribution in [2.75, 3.05) is 0 Å². The number of alkyl halides is 3. The monoisotopic (exact) mass is 292 g/mol. The van der Waals surface area contributed by atoms with Crippen LogP contribution in [0.2, 0.25) is 0 Å². The van der Waals surface area contributed by atoms with Crippen LogP contribution in [0.3, 0.4) is 0 Å². The second-order valence-electron chi connectivity index (χ2n) is 4.28. The molecule has 0 saturated heterocycles. The molecule has 0 aliphatic heterocycles. The van der Waals surface area contributed by atoms with Crippen molar-refractivity contribution in [1.82, 2.24) is 20.4 Å². The molecule has 0 bridgehead atoms. The molecule has 1 N–H and O–H groups in total. The van der Waals surface area contributed by atoms with Crippen molar-refractivity contribution in [3.05, 3.63) is 52.4 Å². The van der Waals surface area contributed by atoms with Crippen molar-refractivity contribution in [2.24, 2.45) is 0 Å². The molecule has 106 valence electrons. The molecule has 5 nitrogen and oxygen atoms in total. The summed E-state index contributed by atoms with van der Waals surface area (Å²) in [7, 11) is 0. The van der Waals surface area contributed by atoms with E-state index >= 15 is 0 Å². The zero-order chi connectivity index (χ0) is 15.0. The van der Waals surface area contributed by atoms with Crippen LogP contribution in [-0.4, -0.2) is 20.4 Å². The van der Waals surface area contributed by atoms with Gasteiger partial charge >= 0.3 is 6.18 Å². The summed E-state index contributed by atoms with van der Waals surface area (Å²) < 4.78 is 38.3. The number of H-pyrrole nitrogens is 1. The average molecular weight is 292 g/mol. The number of nitrogens with one attached hydrogen (secondary N) is 1. The maximum absolute atomic E-state index is 12.8. The Morgan fingerprint density at radius 2 is 1.95 bits per heavy atom. The Bertz CT molecular complexity index is 873. The van der Waals surface area contributed by atoms with Gasteiger partial charge in [-0.25, -0.2) is 5.10 Å². The normalized spacial score (nSPS) is 11.8. The topological polar surface area (TPSA) is 71.5 Å². The molecule has 3 rings (SSSR count). The van der Waals surface area contributed by atoms with Crippen LogP contribution in [0.5, 0.6) is 0 Å². The summed E-state index contributed by atoms with van der Waals surface area (Å²) in [6.07, 6.45) is -3.11. The first kappa shape index (κ1) is 13.2. The number of aromatic nitrogens is 4. The lowest BCUT2D eigenvalue weighted by Crippen LogP contribution is -2.10. The third-order valence-corrected chi connectivity index (χ3v) is 2.93. The van der Waals surface area contributed by atoms with E-state index in [9.17, 15) is 18.0 Å². The van der Waals surface area contributed by atoms with Crippen molar-refractivity contribution in [3.8, 4) is 11.3 Å². The minimum atomic E-state index is -4.45. The highest BCUT2D eigenvalue weighted by atomic mass is 19.4. The van der Waals surface area contributed by atoms with Gasteiger partial charge in [-0.05, 0) is 18.2 Å². The van der Waals surface area contributed by atoms with E-state index in [-0.39, 0.29) is 22.2 Å². The van der Waals surface area contributed by atoms with E-state index in [0.29, 0.717) is 0 Å². The van der Waals surface area contributed by atoms with E-state index < -0.39 is 17.3 Å². The predicted molar refractivity (Wildman–Crippen MR) is 68.4 cm³/mol. The maximum Gasteiger partial charge on any atom is 0.416 e. The van der Waals surface area contributed by atoms with Crippen molar-refractivity contribution < 1.29 is 13.2 Å². The summed E-state index contributed by atoms with van der Waals surface area (Å²) in [6.45, 7) is 0. The molecule has 0 fully saturated rings. The van der Waals surface area contributed by atoms with Gasteiger partial charge in [0.2, 0.25) is 0 Å². The zero-order valence-corrected chi connectivity index (χ0v) is 10.3. The molecule has 2 aromatic heterocycles. The smallest absolute Gasteiger partial charge is 0.267 e. The molecule has 8 heteroatoms. The largest absolute Gasteiger partial charge is 0.416 e. The molecular formula is C13H7F3N4O. The summed E-state index contributed by atoms with van der Waals surface area (Å²) in [5.41, 5.74) is -0.722. The molecule has 1 aromatic carbocycles. The number of nitrogens with zero attached hydrogens (tertiary/aromatic N) is 3. The minimum Gasteiger partial charge on any atom is -0.267 e. The predicted octanol–water partition coefficient (Wildman–Crippen LogP) is 2.40. The molecule has 0 radical (unpaired) electrons. The van der Waals surface area contributed by atoms with Crippen LogP contribution in [0.25, 0.3) is 22.2 Å². The van der Waals surface area contributed by atoms with Gasteiger partial charge in [-0.3, -0.25) is 9.78 Å². The van der Waals surface area contributed by atoms with Crippen molar-refractivity contribution >= 4 is 10.9 Å². The van der Waals surface area contributed by atoms with Crippen LogP contribution in [0.15, 0.2) is 41.3 Å². The first-order valence-corrected chi connectivity index (χ1v) is 5.84. The van der Waals surface area contributed by atoms with E-state index in [1.807, 2.05) is 0 Å². The van der Waals surface area contributed by atoms with Gasteiger partial charge in [0.05, 0.1) is 16.6 Å². The maximum atomic E-state index is 12.8. The van der Waals surface area contributed by atoms with Crippen molar-refractivity contribution in [1.29, 1.82) is 0 Å². The van der Waals surface area contributed by atoms with Crippen LogP contribution in [0, 0.1) is 0 Å². The molecule has 0 unspecified atom stereocenters. The highest BCUT2D eigenvalue weighted by Gasteiger charge is 2.30. The lowest BCUT2D eigenvalue weighted by Gasteiger charge is -2.09. The van der Waals surface area contributed by atoms with Gasteiger partial charge in [0, 0.05) is 11.8 Å². The quantitative estimate of drug-likeness (QED) is 0.747. The SMILES string of the molecule is O=c1[nH]nnc2c(-c3cccc(C(F)(F)F)c3)nccc12. The Morgan fingerprint density at radius 1 is 1.14 bits per heavy atom. The Hall–Kier alpha value is -2.77. The summed E-state index contributed by atoms with van der Waals surface area (Å²) in [6, 6.07) is 6.11. The van der Waals surface area contributed by atoms with Gasteiger partial charge in [-0.2, -0.15) is 13.2 Å². The van der Waals surface area contributed by atoms with E-state index in [2.05, 4.69) is 20.4 Å². The Balaban J connectivity index is 2.27. The van der Waals surface area contributed by atoms with E-state index in [1.54, 1.807) is 0 Å². The number of pyridine rings is 1. The van der Waals surface area contributed by atoms with E-state index in [4.69, 9.17) is 0 Å². The summed E-state index contributed by atoms with van der Waals surface area (Å²) in [5, 5.41) is 9.56. The Kier molecular flexibility index (Phi) is 2.93. The first-order chi connectivity index (χ1) is 9.97. The number of halogens is 3. The molecule has 3 aromatic rings. The number of aromatic amines is 1. The lowest BCUT2D eigenvalue weighted by atomic mass is 10.1. The lowest BCUT2D eigenvalue weighted by molar-refractivity contribution is -0.137. The molecule has 0 saturated carbocycles. The molecule has 0 atom stereocenters. The van der Waals surface area contributed by atoms with Gasteiger partial charge in [-0.15, -0.1) is 5.10 Å². The molecule has 2 heterocycles. The molecule has 0 amide bonds. The number of rotatable bonds is 1. The molecule has 21 heavy (non-hydrogen) atoms. The van der Waals surface area contributed by atoms with Crippen LogP contribution >= 0.6 is 0 Å². The van der Waals surface area contributed by atoms with Gasteiger partial charge in [0.15, 0.2) is 0 Å². The number of benzene rings is 1. The number of hydrogen-bond donors (Lipinski definition) is 1. The molecule has 0 aliphatic rings. The Labute approximate surface area is 115 Å². The van der Waals surface area contributed by atoms with E-state index in [0.717, 1.165) is 12.1 Å². The average Bonchev–Trinajstić information content (AvgIpc) is 2.46. The third kappa shape index (κ3) is 2.35. The fraction of sp³-hybridized carbons (Fsp3) is 0.0769. The fourth-order valence-corrected chi connectivity index (χ4v) is 1.97. The van der Waals surface area contributed by atoms with Crippen molar-refractivity contribution in [2.45, 2.75) is 6.18 Å². The molecule has 0 spiro atoms. The zero-order valence-electron chi connectivity index (χ0n) is 10.3. The van der Waals surface area contributed by atoms with Crippen LogP contribution in [0.4, 0.5) is 13.2 Å². The van der Waals surface area contributed by atoms with Crippen LogP contribution in [0.1, 0.15) is 5.56 Å². The number of fused-ring (bicyclic) bond motifs is 1. The van der Waals surface area contributed by atoms with E-state index in [1.165, 1.54) is 24.4 Å². The first-order valence-electron chi connectivity index (χ1n) is 5.84. The molecular weight excluding hydrogens is 285 g/mol. The van der Waals surface area contributed by atoms with Gasteiger partial charge < -0.3 is 0 Å². The third-order valence-electron chi connectivity index (χ3n) is 2.93. The van der Waals surface area contributed by atoms with Gasteiger partial charge in [0.1, 0.15) is 5.52 Å². The standard InChI is InChI=1S/C13H7F3N4O/c14-13(15,16)8-3-1-2-7(6-8)10-11-9(4-5-17-10)12(21)19-20-18-11/h1-6H,(H,18,19,21).